The maximum atomic E-state index is 12.0. The Morgan fingerprint density at radius 3 is 2.61 bits per heavy atom. The number of rotatable bonds is 2. The summed E-state index contributed by atoms with van der Waals surface area (Å²) in [5.74, 6) is 0. The van der Waals surface area contributed by atoms with E-state index in [1.807, 2.05) is 25.1 Å². The van der Waals surface area contributed by atoms with Gasteiger partial charge in [0.25, 0.3) is 5.56 Å². The van der Waals surface area contributed by atoms with Crippen molar-refractivity contribution in [3.63, 3.8) is 0 Å². The summed E-state index contributed by atoms with van der Waals surface area (Å²) in [4.78, 5) is 12.0. The van der Waals surface area contributed by atoms with Crippen LogP contribution in [0.15, 0.2) is 35.1 Å². The van der Waals surface area contributed by atoms with E-state index in [1.54, 1.807) is 16.7 Å². The van der Waals surface area contributed by atoms with Crippen molar-refractivity contribution in [2.45, 2.75) is 13.5 Å². The van der Waals surface area contributed by atoms with Crippen molar-refractivity contribution in [2.75, 3.05) is 11.5 Å². The molecule has 94 valence electrons. The van der Waals surface area contributed by atoms with E-state index in [0.717, 1.165) is 11.3 Å². The Labute approximate surface area is 110 Å². The minimum absolute atomic E-state index is 0.0765. The van der Waals surface area contributed by atoms with Crippen molar-refractivity contribution >= 4 is 23.0 Å². The van der Waals surface area contributed by atoms with Crippen LogP contribution in [0, 0.1) is 6.92 Å². The van der Waals surface area contributed by atoms with Crippen LogP contribution < -0.4 is 17.0 Å². The number of nitrogen functional groups attached to an aromatic ring is 2. The molecule has 0 fully saturated rings. The molecule has 0 bridgehead atoms. The Morgan fingerprint density at radius 1 is 1.28 bits per heavy atom. The standard InChI is InChI=1S/C13H14ClN3O/c1-8-6-11(15)12(16)13(18)17(8)7-9-4-2-3-5-10(9)14/h2-6H,7,15-16H2,1H3. The number of benzene rings is 1. The van der Waals surface area contributed by atoms with E-state index in [2.05, 4.69) is 0 Å². The van der Waals surface area contributed by atoms with Gasteiger partial charge in [-0.3, -0.25) is 4.79 Å². The number of anilines is 2. The zero-order valence-corrected chi connectivity index (χ0v) is 10.7. The molecular weight excluding hydrogens is 250 g/mol. The third kappa shape index (κ3) is 2.19. The van der Waals surface area contributed by atoms with Crippen LogP contribution in [0.1, 0.15) is 11.3 Å². The molecule has 1 aromatic heterocycles. The zero-order valence-electron chi connectivity index (χ0n) is 9.98. The van der Waals surface area contributed by atoms with Crippen LogP contribution in [-0.2, 0) is 6.54 Å². The lowest BCUT2D eigenvalue weighted by atomic mass is 10.2. The van der Waals surface area contributed by atoms with E-state index >= 15 is 0 Å². The number of halogens is 1. The molecule has 1 heterocycles. The van der Waals surface area contributed by atoms with Crippen LogP contribution in [0.5, 0.6) is 0 Å². The van der Waals surface area contributed by atoms with Gasteiger partial charge in [0.2, 0.25) is 0 Å². The number of aromatic nitrogens is 1. The third-order valence-electron chi connectivity index (χ3n) is 2.86. The smallest absolute Gasteiger partial charge is 0.276 e. The van der Waals surface area contributed by atoms with Gasteiger partial charge in [-0.05, 0) is 24.6 Å². The lowest BCUT2D eigenvalue weighted by Crippen LogP contribution is -2.26. The molecule has 4 nitrogen and oxygen atoms in total. The van der Waals surface area contributed by atoms with E-state index in [4.69, 9.17) is 23.1 Å². The van der Waals surface area contributed by atoms with Gasteiger partial charge in [-0.2, -0.15) is 0 Å². The SMILES string of the molecule is Cc1cc(N)c(N)c(=O)n1Cc1ccccc1Cl. The largest absolute Gasteiger partial charge is 0.397 e. The number of nitrogens with two attached hydrogens (primary N) is 2. The summed E-state index contributed by atoms with van der Waals surface area (Å²) in [6.45, 7) is 2.20. The van der Waals surface area contributed by atoms with Gasteiger partial charge in [-0.25, -0.2) is 0 Å². The molecule has 2 aromatic rings. The minimum atomic E-state index is -0.285. The fourth-order valence-corrected chi connectivity index (χ4v) is 2.00. The summed E-state index contributed by atoms with van der Waals surface area (Å²) in [6, 6.07) is 9.08. The number of nitrogens with zero attached hydrogens (tertiary/aromatic N) is 1. The monoisotopic (exact) mass is 263 g/mol. The Kier molecular flexibility index (Phi) is 3.30. The Balaban J connectivity index is 2.51. The molecule has 1 aromatic carbocycles. The van der Waals surface area contributed by atoms with E-state index in [-0.39, 0.29) is 11.2 Å². The van der Waals surface area contributed by atoms with E-state index in [9.17, 15) is 4.79 Å². The summed E-state index contributed by atoms with van der Waals surface area (Å²) in [6.07, 6.45) is 0. The first kappa shape index (κ1) is 12.5. The first-order valence-electron chi connectivity index (χ1n) is 5.49. The van der Waals surface area contributed by atoms with Gasteiger partial charge in [0.15, 0.2) is 0 Å². The number of hydrogen-bond donors (Lipinski definition) is 2. The summed E-state index contributed by atoms with van der Waals surface area (Å²) < 4.78 is 1.56. The van der Waals surface area contributed by atoms with Crippen LogP contribution in [0.4, 0.5) is 11.4 Å². The van der Waals surface area contributed by atoms with Gasteiger partial charge in [0.05, 0.1) is 12.2 Å². The van der Waals surface area contributed by atoms with E-state index < -0.39 is 0 Å². The molecule has 0 atom stereocenters. The van der Waals surface area contributed by atoms with Crippen LogP contribution in [-0.4, -0.2) is 4.57 Å². The van der Waals surface area contributed by atoms with Crippen molar-refractivity contribution in [3.05, 3.63) is 57.0 Å². The first-order chi connectivity index (χ1) is 8.50. The van der Waals surface area contributed by atoms with Crippen molar-refractivity contribution in [2.24, 2.45) is 0 Å². The molecule has 0 radical (unpaired) electrons. The predicted molar refractivity (Wildman–Crippen MR) is 74.8 cm³/mol. The topological polar surface area (TPSA) is 74.0 Å². The lowest BCUT2D eigenvalue weighted by molar-refractivity contribution is 0.734. The van der Waals surface area contributed by atoms with Gasteiger partial charge in [0, 0.05) is 10.7 Å². The highest BCUT2D eigenvalue weighted by molar-refractivity contribution is 6.31. The van der Waals surface area contributed by atoms with Crippen molar-refractivity contribution in [3.8, 4) is 0 Å². The lowest BCUT2D eigenvalue weighted by Gasteiger charge is -2.13. The molecule has 0 saturated carbocycles. The van der Waals surface area contributed by atoms with Crippen molar-refractivity contribution in [1.29, 1.82) is 0 Å². The predicted octanol–water partition coefficient (Wildman–Crippen LogP) is 2.02. The fourth-order valence-electron chi connectivity index (χ4n) is 1.80. The normalized spacial score (nSPS) is 10.6. The maximum Gasteiger partial charge on any atom is 0.276 e. The molecule has 2 rings (SSSR count). The molecule has 0 aliphatic carbocycles. The van der Waals surface area contributed by atoms with Crippen molar-refractivity contribution < 1.29 is 0 Å². The van der Waals surface area contributed by atoms with Gasteiger partial charge in [-0.1, -0.05) is 29.8 Å². The van der Waals surface area contributed by atoms with Gasteiger partial charge in [-0.15, -0.1) is 0 Å². The molecule has 0 saturated heterocycles. The zero-order chi connectivity index (χ0) is 13.3. The highest BCUT2D eigenvalue weighted by atomic mass is 35.5. The van der Waals surface area contributed by atoms with Crippen LogP contribution in [0.25, 0.3) is 0 Å². The number of hydrogen-bond acceptors (Lipinski definition) is 3. The van der Waals surface area contributed by atoms with Gasteiger partial charge >= 0.3 is 0 Å². The second-order valence-electron chi connectivity index (χ2n) is 4.14. The number of pyridine rings is 1. The highest BCUT2D eigenvalue weighted by Crippen LogP contribution is 2.18. The Morgan fingerprint density at radius 2 is 1.94 bits per heavy atom. The minimum Gasteiger partial charge on any atom is -0.397 e. The van der Waals surface area contributed by atoms with Gasteiger partial charge < -0.3 is 16.0 Å². The van der Waals surface area contributed by atoms with E-state index in [1.165, 1.54) is 0 Å². The Hall–Kier alpha value is -1.94. The van der Waals surface area contributed by atoms with Crippen molar-refractivity contribution in [1.82, 2.24) is 4.57 Å². The second-order valence-corrected chi connectivity index (χ2v) is 4.54. The summed E-state index contributed by atoms with van der Waals surface area (Å²) in [7, 11) is 0. The number of aryl methyl sites for hydroxylation is 1. The van der Waals surface area contributed by atoms with Crippen LogP contribution in [0.3, 0.4) is 0 Å². The molecule has 0 amide bonds. The summed E-state index contributed by atoms with van der Waals surface area (Å²) in [5, 5.41) is 0.624. The molecule has 0 aliphatic heterocycles. The fraction of sp³-hybridized carbons (Fsp3) is 0.154. The Bertz CT molecular complexity index is 649. The molecule has 0 unspecified atom stereocenters. The summed E-state index contributed by atoms with van der Waals surface area (Å²) >= 11 is 6.08. The maximum absolute atomic E-state index is 12.0. The molecule has 18 heavy (non-hydrogen) atoms. The average molecular weight is 264 g/mol. The highest BCUT2D eigenvalue weighted by Gasteiger charge is 2.09. The average Bonchev–Trinajstić information content (AvgIpc) is 2.34. The van der Waals surface area contributed by atoms with E-state index in [0.29, 0.717) is 17.3 Å². The third-order valence-corrected chi connectivity index (χ3v) is 3.23. The van der Waals surface area contributed by atoms with Crippen LogP contribution in [0.2, 0.25) is 5.02 Å². The molecule has 0 spiro atoms. The molecular formula is C13H14ClN3O. The van der Waals surface area contributed by atoms with Gasteiger partial charge in [0.1, 0.15) is 5.69 Å². The second kappa shape index (κ2) is 4.74. The molecule has 0 aliphatic rings. The van der Waals surface area contributed by atoms with Crippen LogP contribution >= 0.6 is 11.6 Å². The molecule has 5 heteroatoms. The quantitative estimate of drug-likeness (QED) is 0.871. The first-order valence-corrected chi connectivity index (χ1v) is 5.87. The summed E-state index contributed by atoms with van der Waals surface area (Å²) in [5.41, 5.74) is 13.0. The molecule has 4 N–H and O–H groups in total.